The number of nitrogens with one attached hydrogen (secondary N) is 1. The van der Waals surface area contributed by atoms with Gasteiger partial charge in [0.15, 0.2) is 10.2 Å². The molecule has 2 N–H and O–H groups in total. The van der Waals surface area contributed by atoms with Crippen LogP contribution in [0, 0.1) is 0 Å². The Morgan fingerprint density at radius 2 is 2.22 bits per heavy atom. The van der Waals surface area contributed by atoms with Gasteiger partial charge in [-0.15, -0.1) is 0 Å². The number of aromatic nitrogens is 5. The molecule has 9 heteroatoms. The summed E-state index contributed by atoms with van der Waals surface area (Å²) >= 11 is 7.61. The molecule has 0 fully saturated rings. The zero-order valence-corrected chi connectivity index (χ0v) is 14.1. The summed E-state index contributed by atoms with van der Waals surface area (Å²) in [6.07, 6.45) is 5.15. The van der Waals surface area contributed by atoms with Crippen molar-refractivity contribution in [3.63, 3.8) is 0 Å². The molecule has 0 aliphatic carbocycles. The first-order valence-electron chi connectivity index (χ1n) is 7.07. The maximum Gasteiger partial charge on any atom is 0.254 e. The molecule has 0 aliphatic rings. The lowest BCUT2D eigenvalue weighted by atomic mass is 10.3. The third-order valence-electron chi connectivity index (χ3n) is 3.10. The van der Waals surface area contributed by atoms with E-state index in [4.69, 9.17) is 16.3 Å². The van der Waals surface area contributed by atoms with Crippen molar-refractivity contribution in [3.05, 3.63) is 29.3 Å². The first kappa shape index (κ1) is 15.8. The summed E-state index contributed by atoms with van der Waals surface area (Å²) in [6, 6.07) is 0. The number of H-pyrrole nitrogens is 1. The molecule has 0 amide bonds. The summed E-state index contributed by atoms with van der Waals surface area (Å²) in [6.45, 7) is 4.36. The summed E-state index contributed by atoms with van der Waals surface area (Å²) < 4.78 is 6.54. The molecule has 0 spiro atoms. The fraction of sp³-hybridized carbons (Fsp3) is 0.286. The summed E-state index contributed by atoms with van der Waals surface area (Å²) in [5.41, 5.74) is 1.52. The fourth-order valence-corrected chi connectivity index (χ4v) is 3.18. The minimum Gasteiger partial charge on any atom is -0.477 e. The molecular weight excluding hydrogens is 338 g/mol. The molecule has 0 atom stereocenters. The molecule has 3 heterocycles. The van der Waals surface area contributed by atoms with Crippen LogP contribution in [-0.2, 0) is 6.42 Å². The molecule has 0 aliphatic heterocycles. The Morgan fingerprint density at radius 1 is 1.39 bits per heavy atom. The van der Waals surface area contributed by atoms with Gasteiger partial charge in [-0.25, -0.2) is 9.97 Å². The Labute approximate surface area is 141 Å². The molecule has 0 unspecified atom stereocenters. The van der Waals surface area contributed by atoms with Crippen LogP contribution in [0.15, 0.2) is 28.8 Å². The Hall–Kier alpha value is -2.06. The topological polar surface area (TPSA) is 87.8 Å². The average Bonchev–Trinajstić information content (AvgIpc) is 2.84. The van der Waals surface area contributed by atoms with E-state index in [9.17, 15) is 5.21 Å². The van der Waals surface area contributed by atoms with Gasteiger partial charge in [0.1, 0.15) is 5.65 Å². The number of hydrogen-bond acceptors (Lipinski definition) is 6. The van der Waals surface area contributed by atoms with Gasteiger partial charge in [-0.3, -0.25) is 5.21 Å². The molecular formula is C14H15ClN5O2S+. The first-order chi connectivity index (χ1) is 11.1. The number of hydrogen-bond donors (Lipinski definition) is 2. The Morgan fingerprint density at radius 3 is 2.91 bits per heavy atom. The van der Waals surface area contributed by atoms with Crippen LogP contribution in [0.3, 0.4) is 0 Å². The van der Waals surface area contributed by atoms with Gasteiger partial charge in [0.05, 0.1) is 23.2 Å². The predicted molar refractivity (Wildman–Crippen MR) is 85.2 cm³/mol. The van der Waals surface area contributed by atoms with Crippen LogP contribution in [-0.4, -0.2) is 31.8 Å². The molecule has 0 saturated carbocycles. The SMILES string of the molecule is CCOc1nc(Sc2c[n+](O)ccn2)nc2[nH]c(CC)c(Cl)c12. The lowest BCUT2D eigenvalue weighted by molar-refractivity contribution is -0.906. The first-order valence-corrected chi connectivity index (χ1v) is 8.27. The maximum atomic E-state index is 9.45. The Bertz CT molecular complexity index is 855. The van der Waals surface area contributed by atoms with E-state index >= 15 is 0 Å². The van der Waals surface area contributed by atoms with Crippen LogP contribution >= 0.6 is 23.4 Å². The third kappa shape index (κ3) is 3.18. The van der Waals surface area contributed by atoms with Crippen molar-refractivity contribution in [2.45, 2.75) is 30.5 Å². The standard InChI is InChI=1S/C14H15ClN5O2S/c1-3-8-11(15)10-12(17-8)18-14(19-13(10)22-4-2)23-9-7-20(21)6-5-16-9/h5-7H,3-4H2,1-2H3,(H,16,21)(H,17,18,19)/q+1. The van der Waals surface area contributed by atoms with E-state index in [0.717, 1.165) is 16.8 Å². The van der Waals surface area contributed by atoms with Gasteiger partial charge in [0, 0.05) is 10.4 Å². The molecule has 0 radical (unpaired) electrons. The van der Waals surface area contributed by atoms with Crippen molar-refractivity contribution in [1.82, 2.24) is 19.9 Å². The smallest absolute Gasteiger partial charge is 0.254 e. The lowest BCUT2D eigenvalue weighted by Crippen LogP contribution is -2.28. The Kier molecular flexibility index (Phi) is 4.53. The van der Waals surface area contributed by atoms with E-state index in [1.54, 1.807) is 0 Å². The fourth-order valence-electron chi connectivity index (χ4n) is 2.10. The van der Waals surface area contributed by atoms with Crippen molar-refractivity contribution in [3.8, 4) is 5.88 Å². The maximum absolute atomic E-state index is 9.45. The number of nitrogens with zero attached hydrogens (tertiary/aromatic N) is 4. The predicted octanol–water partition coefficient (Wildman–Crippen LogP) is 2.64. The summed E-state index contributed by atoms with van der Waals surface area (Å²) in [5.74, 6) is 0.439. The summed E-state index contributed by atoms with van der Waals surface area (Å²) in [5, 5.41) is 11.7. The van der Waals surface area contributed by atoms with Crippen molar-refractivity contribution >= 4 is 34.4 Å². The molecule has 3 aromatic rings. The van der Waals surface area contributed by atoms with Crippen molar-refractivity contribution in [2.24, 2.45) is 0 Å². The van der Waals surface area contributed by atoms with Crippen molar-refractivity contribution < 1.29 is 14.7 Å². The molecule has 0 bridgehead atoms. The van der Waals surface area contributed by atoms with Gasteiger partial charge in [0.2, 0.25) is 12.1 Å². The van der Waals surface area contributed by atoms with Crippen LogP contribution in [0.2, 0.25) is 5.02 Å². The van der Waals surface area contributed by atoms with Crippen LogP contribution in [0.1, 0.15) is 19.5 Å². The summed E-state index contributed by atoms with van der Waals surface area (Å²) in [7, 11) is 0. The van der Waals surface area contributed by atoms with Crippen LogP contribution < -0.4 is 9.47 Å². The van der Waals surface area contributed by atoms with Gasteiger partial charge < -0.3 is 9.72 Å². The van der Waals surface area contributed by atoms with Crippen molar-refractivity contribution in [2.75, 3.05) is 6.61 Å². The minimum absolute atomic E-state index is 0.439. The molecule has 0 saturated heterocycles. The van der Waals surface area contributed by atoms with Crippen molar-refractivity contribution in [1.29, 1.82) is 0 Å². The van der Waals surface area contributed by atoms with Gasteiger partial charge >= 0.3 is 0 Å². The highest BCUT2D eigenvalue weighted by Gasteiger charge is 2.18. The lowest BCUT2D eigenvalue weighted by Gasteiger charge is -2.05. The van der Waals surface area contributed by atoms with Crippen LogP contribution in [0.4, 0.5) is 0 Å². The van der Waals surface area contributed by atoms with Gasteiger partial charge in [0.25, 0.3) is 6.20 Å². The van der Waals surface area contributed by atoms with E-state index in [-0.39, 0.29) is 0 Å². The normalized spacial score (nSPS) is 11.1. The van der Waals surface area contributed by atoms with E-state index in [1.165, 1.54) is 30.4 Å². The molecule has 120 valence electrons. The van der Waals surface area contributed by atoms with Crippen LogP contribution in [0.5, 0.6) is 5.88 Å². The van der Waals surface area contributed by atoms with E-state index in [1.807, 2.05) is 13.8 Å². The number of fused-ring (bicyclic) bond motifs is 1. The van der Waals surface area contributed by atoms with E-state index < -0.39 is 0 Å². The monoisotopic (exact) mass is 352 g/mol. The quantitative estimate of drug-likeness (QED) is 0.417. The largest absolute Gasteiger partial charge is 0.477 e. The van der Waals surface area contributed by atoms with Crippen LogP contribution in [0.25, 0.3) is 11.0 Å². The second kappa shape index (κ2) is 6.59. The number of ether oxygens (including phenoxy) is 1. The number of aromatic amines is 1. The molecule has 7 nitrogen and oxygen atoms in total. The molecule has 3 aromatic heterocycles. The van der Waals surface area contributed by atoms with Gasteiger partial charge in [-0.1, -0.05) is 18.5 Å². The van der Waals surface area contributed by atoms with E-state index in [0.29, 0.717) is 38.7 Å². The average molecular weight is 353 g/mol. The summed E-state index contributed by atoms with van der Waals surface area (Å²) in [4.78, 5) is 16.2. The number of halogens is 1. The van der Waals surface area contributed by atoms with Gasteiger partial charge in [-0.05, 0) is 25.1 Å². The second-order valence-electron chi connectivity index (χ2n) is 4.62. The highest BCUT2D eigenvalue weighted by atomic mass is 35.5. The molecule has 0 aromatic carbocycles. The highest BCUT2D eigenvalue weighted by Crippen LogP contribution is 2.35. The van der Waals surface area contributed by atoms with E-state index in [2.05, 4.69) is 19.9 Å². The zero-order valence-electron chi connectivity index (χ0n) is 12.6. The number of rotatable bonds is 5. The Balaban J connectivity index is 2.07. The van der Waals surface area contributed by atoms with Gasteiger partial charge in [-0.2, -0.15) is 4.98 Å². The molecule has 3 rings (SSSR count). The molecule has 23 heavy (non-hydrogen) atoms. The number of aryl methyl sites for hydroxylation is 1. The second-order valence-corrected chi connectivity index (χ2v) is 5.98. The zero-order chi connectivity index (χ0) is 16.4. The minimum atomic E-state index is 0.439. The highest BCUT2D eigenvalue weighted by molar-refractivity contribution is 7.99. The third-order valence-corrected chi connectivity index (χ3v) is 4.31.